The molecule has 2 N–H and O–H groups in total. The minimum absolute atomic E-state index is 0.335. The van der Waals surface area contributed by atoms with Crippen LogP contribution in [0.2, 0.25) is 0 Å². The molecular weight excluding hydrogens is 212 g/mol. The lowest BCUT2D eigenvalue weighted by Crippen LogP contribution is -2.53. The van der Waals surface area contributed by atoms with E-state index in [-0.39, 0.29) is 0 Å². The van der Waals surface area contributed by atoms with Crippen molar-refractivity contribution in [1.29, 1.82) is 0 Å². The van der Waals surface area contributed by atoms with E-state index in [0.717, 1.165) is 49.5 Å². The van der Waals surface area contributed by atoms with E-state index in [4.69, 9.17) is 5.73 Å². The summed E-state index contributed by atoms with van der Waals surface area (Å²) in [5.41, 5.74) is 7.89. The Morgan fingerprint density at radius 1 is 1.29 bits per heavy atom. The summed E-state index contributed by atoms with van der Waals surface area (Å²) in [6, 6.07) is 7.91. The Morgan fingerprint density at radius 3 is 2.76 bits per heavy atom. The Morgan fingerprint density at radius 2 is 2.06 bits per heavy atom. The summed E-state index contributed by atoms with van der Waals surface area (Å²) in [4.78, 5) is 14.0. The number of piperidine rings is 2. The first kappa shape index (κ1) is 10.6. The number of rotatable bonds is 3. The highest BCUT2D eigenvalue weighted by atomic mass is 16.2. The van der Waals surface area contributed by atoms with Crippen LogP contribution in [0.4, 0.5) is 5.69 Å². The minimum Gasteiger partial charge on any atom is -0.399 e. The van der Waals surface area contributed by atoms with Gasteiger partial charge in [-0.2, -0.15) is 0 Å². The maximum Gasteiger partial charge on any atom is 0.225 e. The number of carbonyl (C=O) groups excluding carboxylic acids is 1. The molecule has 4 rings (SSSR count). The molecule has 1 aliphatic carbocycles. The van der Waals surface area contributed by atoms with E-state index in [1.54, 1.807) is 0 Å². The molecule has 3 fully saturated rings. The van der Waals surface area contributed by atoms with Gasteiger partial charge in [0.25, 0.3) is 0 Å². The van der Waals surface area contributed by atoms with Crippen LogP contribution in [0.1, 0.15) is 18.4 Å². The highest BCUT2D eigenvalue weighted by molar-refractivity contribution is 5.81. The Labute approximate surface area is 102 Å². The molecule has 1 aromatic rings. The second kappa shape index (κ2) is 4.06. The van der Waals surface area contributed by atoms with Gasteiger partial charge in [-0.25, -0.2) is 0 Å². The molecular formula is C14H18N2O. The highest BCUT2D eigenvalue weighted by Crippen LogP contribution is 2.40. The third-order valence-electron chi connectivity index (χ3n) is 4.08. The average molecular weight is 230 g/mol. The van der Waals surface area contributed by atoms with Gasteiger partial charge in [0.1, 0.15) is 0 Å². The van der Waals surface area contributed by atoms with Crippen molar-refractivity contribution in [2.45, 2.75) is 19.3 Å². The number of nitrogens with zero attached hydrogens (tertiary/aromatic N) is 1. The van der Waals surface area contributed by atoms with Crippen LogP contribution in [0.3, 0.4) is 0 Å². The molecule has 0 spiro atoms. The Balaban J connectivity index is 1.61. The maximum atomic E-state index is 12.0. The van der Waals surface area contributed by atoms with Crippen molar-refractivity contribution < 1.29 is 4.79 Å². The fourth-order valence-electron chi connectivity index (χ4n) is 2.97. The summed E-state index contributed by atoms with van der Waals surface area (Å²) in [5, 5.41) is 0. The van der Waals surface area contributed by atoms with Crippen molar-refractivity contribution in [3.05, 3.63) is 29.8 Å². The summed E-state index contributed by atoms with van der Waals surface area (Å²) in [6.45, 7) is 1.78. The van der Waals surface area contributed by atoms with Crippen molar-refractivity contribution in [1.82, 2.24) is 4.90 Å². The Bertz CT molecular complexity index is 438. The molecule has 2 aliphatic heterocycles. The van der Waals surface area contributed by atoms with Crippen molar-refractivity contribution in [2.24, 2.45) is 11.8 Å². The molecule has 1 saturated carbocycles. The molecule has 3 nitrogen and oxygen atoms in total. The van der Waals surface area contributed by atoms with E-state index < -0.39 is 0 Å². The molecule has 2 heterocycles. The van der Waals surface area contributed by atoms with Crippen molar-refractivity contribution in [2.75, 3.05) is 18.8 Å². The molecule has 0 radical (unpaired) electrons. The smallest absolute Gasteiger partial charge is 0.225 e. The molecule has 90 valence electrons. The second-order valence-corrected chi connectivity index (χ2v) is 5.27. The second-order valence-electron chi connectivity index (χ2n) is 5.27. The normalized spacial score (nSPS) is 26.8. The standard InChI is InChI=1S/C14H18N2O/c15-13-4-2-1-3-11(13)5-6-16-9-10-7-12(8-10)14(16)17/h1-4,10,12H,5-9,15H2. The molecule has 1 amide bonds. The van der Waals surface area contributed by atoms with Crippen LogP contribution in [-0.2, 0) is 11.2 Å². The molecule has 0 unspecified atom stereocenters. The maximum absolute atomic E-state index is 12.0. The van der Waals surface area contributed by atoms with Gasteiger partial charge in [0.2, 0.25) is 5.91 Å². The van der Waals surface area contributed by atoms with Gasteiger partial charge in [0.05, 0.1) is 0 Å². The lowest BCUT2D eigenvalue weighted by atomic mass is 9.70. The van der Waals surface area contributed by atoms with Gasteiger partial charge in [-0.1, -0.05) is 18.2 Å². The van der Waals surface area contributed by atoms with Gasteiger partial charge in [-0.3, -0.25) is 4.79 Å². The molecule has 2 saturated heterocycles. The quantitative estimate of drug-likeness (QED) is 0.803. The van der Waals surface area contributed by atoms with Gasteiger partial charge in [0, 0.05) is 24.7 Å². The van der Waals surface area contributed by atoms with Crippen LogP contribution in [0.5, 0.6) is 0 Å². The molecule has 3 heteroatoms. The number of amides is 1. The van der Waals surface area contributed by atoms with Gasteiger partial charge in [-0.15, -0.1) is 0 Å². The van der Waals surface area contributed by atoms with Gasteiger partial charge in [-0.05, 0) is 36.8 Å². The predicted octanol–water partition coefficient (Wildman–Crippen LogP) is 1.68. The number of nitrogen functional groups attached to an aromatic ring is 1. The lowest BCUT2D eigenvalue weighted by Gasteiger charge is -2.46. The number of hydrogen-bond acceptors (Lipinski definition) is 2. The fraction of sp³-hybridized carbons (Fsp3) is 0.500. The summed E-state index contributed by atoms with van der Waals surface area (Å²) >= 11 is 0. The van der Waals surface area contributed by atoms with Gasteiger partial charge >= 0.3 is 0 Å². The van der Waals surface area contributed by atoms with Crippen LogP contribution in [0.25, 0.3) is 0 Å². The van der Waals surface area contributed by atoms with Gasteiger partial charge in [0.15, 0.2) is 0 Å². The summed E-state index contributed by atoms with van der Waals surface area (Å²) in [5.74, 6) is 1.47. The third kappa shape index (κ3) is 1.90. The van der Waals surface area contributed by atoms with Crippen LogP contribution in [0.15, 0.2) is 24.3 Å². The average Bonchev–Trinajstić information content (AvgIpc) is 2.28. The van der Waals surface area contributed by atoms with E-state index in [0.29, 0.717) is 11.8 Å². The number of hydrogen-bond donors (Lipinski definition) is 1. The van der Waals surface area contributed by atoms with E-state index >= 15 is 0 Å². The van der Waals surface area contributed by atoms with Crippen molar-refractivity contribution in [3.63, 3.8) is 0 Å². The molecule has 1 aromatic carbocycles. The summed E-state index contributed by atoms with van der Waals surface area (Å²) < 4.78 is 0. The van der Waals surface area contributed by atoms with Gasteiger partial charge < -0.3 is 10.6 Å². The van der Waals surface area contributed by atoms with Crippen LogP contribution in [0, 0.1) is 11.8 Å². The van der Waals surface area contributed by atoms with Crippen LogP contribution in [-0.4, -0.2) is 23.9 Å². The first-order valence-corrected chi connectivity index (χ1v) is 6.36. The van der Waals surface area contributed by atoms with E-state index in [2.05, 4.69) is 0 Å². The minimum atomic E-state index is 0.335. The van der Waals surface area contributed by atoms with E-state index in [9.17, 15) is 4.79 Å². The summed E-state index contributed by atoms with van der Waals surface area (Å²) in [7, 11) is 0. The van der Waals surface area contributed by atoms with Crippen molar-refractivity contribution in [3.8, 4) is 0 Å². The first-order chi connectivity index (χ1) is 8.24. The number of carbonyl (C=O) groups is 1. The number of para-hydroxylation sites is 1. The topological polar surface area (TPSA) is 46.3 Å². The monoisotopic (exact) mass is 230 g/mol. The van der Waals surface area contributed by atoms with Crippen LogP contribution >= 0.6 is 0 Å². The van der Waals surface area contributed by atoms with E-state index in [1.165, 1.54) is 0 Å². The lowest BCUT2D eigenvalue weighted by molar-refractivity contribution is -0.148. The highest BCUT2D eigenvalue weighted by Gasteiger charge is 2.43. The molecule has 0 atom stereocenters. The number of benzene rings is 1. The number of anilines is 1. The molecule has 0 aromatic heterocycles. The molecule has 2 bridgehead atoms. The van der Waals surface area contributed by atoms with Crippen molar-refractivity contribution >= 4 is 11.6 Å². The Kier molecular flexibility index (Phi) is 2.54. The van der Waals surface area contributed by atoms with E-state index in [1.807, 2.05) is 29.2 Å². The summed E-state index contributed by atoms with van der Waals surface area (Å²) in [6.07, 6.45) is 3.13. The third-order valence-corrected chi connectivity index (χ3v) is 4.08. The zero-order valence-electron chi connectivity index (χ0n) is 9.93. The predicted molar refractivity (Wildman–Crippen MR) is 67.4 cm³/mol. The zero-order chi connectivity index (χ0) is 11.8. The zero-order valence-corrected chi connectivity index (χ0v) is 9.93. The largest absolute Gasteiger partial charge is 0.399 e. The SMILES string of the molecule is Nc1ccccc1CCN1CC2CC(C2)C1=O. The Hall–Kier alpha value is -1.51. The molecule has 17 heavy (non-hydrogen) atoms. The number of nitrogens with two attached hydrogens (primary N) is 1. The van der Waals surface area contributed by atoms with Crippen LogP contribution < -0.4 is 5.73 Å². The molecule has 3 aliphatic rings. The first-order valence-electron chi connectivity index (χ1n) is 6.36. The number of fused-ring (bicyclic) bond motifs is 2. The fourth-order valence-corrected chi connectivity index (χ4v) is 2.97.